The average Bonchev–Trinajstić information content (AvgIpc) is 2.27. The molecular weight excluding hydrogens is 250 g/mol. The number of carbonyl (C=O) groups is 1. The van der Waals surface area contributed by atoms with Gasteiger partial charge in [-0.1, -0.05) is 0 Å². The molecule has 1 aromatic heterocycles. The summed E-state index contributed by atoms with van der Waals surface area (Å²) in [6.07, 6.45) is -3.40. The van der Waals surface area contributed by atoms with E-state index >= 15 is 0 Å². The summed E-state index contributed by atoms with van der Waals surface area (Å²) in [6, 6.07) is 0.741. The van der Waals surface area contributed by atoms with Gasteiger partial charge in [0, 0.05) is 11.6 Å². The summed E-state index contributed by atoms with van der Waals surface area (Å²) >= 11 is 0. The van der Waals surface area contributed by atoms with Gasteiger partial charge in [-0.3, -0.25) is 14.9 Å². The molecule has 0 aliphatic carbocycles. The van der Waals surface area contributed by atoms with Gasteiger partial charge in [0.2, 0.25) is 0 Å². The molecule has 0 atom stereocenters. The number of methoxy groups -OCH3 is 1. The van der Waals surface area contributed by atoms with Crippen molar-refractivity contribution >= 4 is 11.7 Å². The quantitative estimate of drug-likeness (QED) is 0.469. The van der Waals surface area contributed by atoms with Crippen molar-refractivity contribution in [3.05, 3.63) is 33.1 Å². The number of nitrogens with zero attached hydrogens (tertiary/aromatic N) is 2. The van der Waals surface area contributed by atoms with Gasteiger partial charge in [-0.15, -0.1) is 0 Å². The van der Waals surface area contributed by atoms with Crippen molar-refractivity contribution in [2.24, 2.45) is 0 Å². The Morgan fingerprint density at radius 2 is 2.22 bits per heavy atom. The van der Waals surface area contributed by atoms with Crippen LogP contribution in [0.5, 0.6) is 0 Å². The topological polar surface area (TPSA) is 82.3 Å². The molecule has 98 valence electrons. The van der Waals surface area contributed by atoms with Crippen LogP contribution in [0.1, 0.15) is 23.4 Å². The van der Waals surface area contributed by atoms with Gasteiger partial charge in [0.1, 0.15) is 5.69 Å². The lowest BCUT2D eigenvalue weighted by Gasteiger charge is -2.08. The second-order valence-corrected chi connectivity index (χ2v) is 3.44. The molecule has 0 aromatic carbocycles. The average molecular weight is 260 g/mol. The van der Waals surface area contributed by atoms with Crippen LogP contribution in [0.25, 0.3) is 0 Å². The highest BCUT2D eigenvalue weighted by Gasteiger charge is 2.23. The second kappa shape index (κ2) is 5.48. The summed E-state index contributed by atoms with van der Waals surface area (Å²) < 4.78 is 29.8. The fourth-order valence-corrected chi connectivity index (χ4v) is 1.38. The Balaban J connectivity index is 3.29. The van der Waals surface area contributed by atoms with Gasteiger partial charge in [0.25, 0.3) is 12.1 Å². The van der Waals surface area contributed by atoms with E-state index in [1.165, 1.54) is 6.92 Å². The SMILES string of the molecule is COC(=O)Cc1nc(C)c([N+](=O)[O-])cc1C(F)F. The first-order chi connectivity index (χ1) is 8.36. The molecule has 1 rings (SSSR count). The minimum Gasteiger partial charge on any atom is -0.469 e. The highest BCUT2D eigenvalue weighted by atomic mass is 19.3. The van der Waals surface area contributed by atoms with Crippen LogP contribution >= 0.6 is 0 Å². The van der Waals surface area contributed by atoms with E-state index < -0.39 is 35.0 Å². The fraction of sp³-hybridized carbons (Fsp3) is 0.400. The first-order valence-corrected chi connectivity index (χ1v) is 4.86. The Morgan fingerprint density at radius 1 is 1.61 bits per heavy atom. The highest BCUT2D eigenvalue weighted by molar-refractivity contribution is 5.72. The van der Waals surface area contributed by atoms with Crippen LogP contribution in [0.15, 0.2) is 6.07 Å². The third kappa shape index (κ3) is 2.96. The summed E-state index contributed by atoms with van der Waals surface area (Å²) in [5, 5.41) is 10.6. The van der Waals surface area contributed by atoms with E-state index in [2.05, 4.69) is 9.72 Å². The maximum atomic E-state index is 12.7. The molecule has 0 aliphatic rings. The number of hydrogen-bond acceptors (Lipinski definition) is 5. The molecule has 1 aromatic rings. The monoisotopic (exact) mass is 260 g/mol. The predicted molar refractivity (Wildman–Crippen MR) is 56.3 cm³/mol. The fourth-order valence-electron chi connectivity index (χ4n) is 1.38. The molecule has 0 fully saturated rings. The molecular formula is C10H10F2N2O4. The standard InChI is InChI=1S/C10H10F2N2O4/c1-5-8(14(16)17)3-6(10(11)12)7(13-5)4-9(15)18-2/h3,10H,4H2,1-2H3. The molecule has 8 heteroatoms. The Bertz CT molecular complexity index is 491. The van der Waals surface area contributed by atoms with Crippen LogP contribution < -0.4 is 0 Å². The lowest BCUT2D eigenvalue weighted by Crippen LogP contribution is -2.11. The predicted octanol–water partition coefficient (Wildman–Crippen LogP) is 1.95. The minimum atomic E-state index is -2.95. The van der Waals surface area contributed by atoms with Crippen LogP contribution in [-0.2, 0) is 16.0 Å². The van der Waals surface area contributed by atoms with Crippen LogP contribution in [0.4, 0.5) is 14.5 Å². The third-order valence-electron chi connectivity index (χ3n) is 2.27. The molecule has 1 heterocycles. The molecule has 0 saturated heterocycles. The van der Waals surface area contributed by atoms with E-state index in [0.717, 1.165) is 13.2 Å². The third-order valence-corrected chi connectivity index (χ3v) is 2.27. The Labute approximate surface area is 101 Å². The zero-order valence-corrected chi connectivity index (χ0v) is 9.65. The van der Waals surface area contributed by atoms with Gasteiger partial charge in [-0.2, -0.15) is 0 Å². The van der Waals surface area contributed by atoms with Gasteiger partial charge < -0.3 is 4.74 Å². The van der Waals surface area contributed by atoms with Crippen LogP contribution in [0.2, 0.25) is 0 Å². The first-order valence-electron chi connectivity index (χ1n) is 4.86. The van der Waals surface area contributed by atoms with Gasteiger partial charge in [0.05, 0.1) is 24.1 Å². The molecule has 0 aliphatic heterocycles. The van der Waals surface area contributed by atoms with Crippen LogP contribution in [0.3, 0.4) is 0 Å². The number of halogens is 2. The smallest absolute Gasteiger partial charge is 0.311 e. The summed E-state index contributed by atoms with van der Waals surface area (Å²) in [6.45, 7) is 1.31. The lowest BCUT2D eigenvalue weighted by molar-refractivity contribution is -0.385. The minimum absolute atomic E-state index is 0.0247. The summed E-state index contributed by atoms with van der Waals surface area (Å²) in [7, 11) is 1.11. The molecule has 0 unspecified atom stereocenters. The van der Waals surface area contributed by atoms with Crippen LogP contribution in [0, 0.1) is 17.0 Å². The van der Waals surface area contributed by atoms with E-state index in [4.69, 9.17) is 0 Å². The number of aromatic nitrogens is 1. The Morgan fingerprint density at radius 3 is 2.67 bits per heavy atom. The van der Waals surface area contributed by atoms with E-state index in [1.807, 2.05) is 0 Å². The van der Waals surface area contributed by atoms with Crippen molar-refractivity contribution < 1.29 is 23.2 Å². The van der Waals surface area contributed by atoms with Crippen molar-refractivity contribution in [2.75, 3.05) is 7.11 Å². The lowest BCUT2D eigenvalue weighted by atomic mass is 10.1. The number of aryl methyl sites for hydroxylation is 1. The zero-order chi connectivity index (χ0) is 13.9. The van der Waals surface area contributed by atoms with Crippen molar-refractivity contribution in [3.63, 3.8) is 0 Å². The van der Waals surface area contributed by atoms with Gasteiger partial charge in [-0.05, 0) is 6.92 Å². The molecule has 0 radical (unpaired) electrons. The molecule has 18 heavy (non-hydrogen) atoms. The van der Waals surface area contributed by atoms with E-state index in [1.54, 1.807) is 0 Å². The van der Waals surface area contributed by atoms with E-state index in [0.29, 0.717) is 0 Å². The molecule has 0 spiro atoms. The maximum absolute atomic E-state index is 12.7. The molecule has 0 saturated carbocycles. The number of hydrogen-bond donors (Lipinski definition) is 0. The van der Waals surface area contributed by atoms with Crippen LogP contribution in [-0.4, -0.2) is 23.0 Å². The van der Waals surface area contributed by atoms with Gasteiger partial charge >= 0.3 is 5.97 Å². The maximum Gasteiger partial charge on any atom is 0.311 e. The summed E-state index contributed by atoms with van der Waals surface area (Å²) in [4.78, 5) is 24.5. The molecule has 6 nitrogen and oxygen atoms in total. The van der Waals surface area contributed by atoms with Crippen molar-refractivity contribution in [3.8, 4) is 0 Å². The zero-order valence-electron chi connectivity index (χ0n) is 9.65. The van der Waals surface area contributed by atoms with Gasteiger partial charge in [-0.25, -0.2) is 13.8 Å². The van der Waals surface area contributed by atoms with Crippen molar-refractivity contribution in [1.29, 1.82) is 0 Å². The van der Waals surface area contributed by atoms with Crippen molar-refractivity contribution in [2.45, 2.75) is 19.8 Å². The number of esters is 1. The summed E-state index contributed by atoms with van der Waals surface area (Å²) in [5.41, 5.74) is -1.36. The highest BCUT2D eigenvalue weighted by Crippen LogP contribution is 2.28. The first kappa shape index (κ1) is 13.9. The van der Waals surface area contributed by atoms with Gasteiger partial charge in [0.15, 0.2) is 0 Å². The number of alkyl halides is 2. The largest absolute Gasteiger partial charge is 0.469 e. The number of pyridine rings is 1. The molecule has 0 bridgehead atoms. The second-order valence-electron chi connectivity index (χ2n) is 3.44. The van der Waals surface area contributed by atoms with E-state index in [9.17, 15) is 23.7 Å². The normalized spacial score (nSPS) is 10.5. The molecule has 0 amide bonds. The number of ether oxygens (including phenoxy) is 1. The Kier molecular flexibility index (Phi) is 4.24. The van der Waals surface area contributed by atoms with E-state index in [-0.39, 0.29) is 11.4 Å². The molecule has 0 N–H and O–H groups in total. The number of carbonyl (C=O) groups excluding carboxylic acids is 1. The summed E-state index contributed by atoms with van der Waals surface area (Å²) in [5.74, 6) is -0.738. The number of nitro groups is 1. The van der Waals surface area contributed by atoms with Crippen molar-refractivity contribution in [1.82, 2.24) is 4.98 Å². The number of rotatable bonds is 4. The Hall–Kier alpha value is -2.12.